The van der Waals surface area contributed by atoms with Crippen LogP contribution in [0.25, 0.3) is 0 Å². The van der Waals surface area contributed by atoms with Crippen molar-refractivity contribution in [3.05, 3.63) is 0 Å². The molecule has 0 spiro atoms. The quantitative estimate of drug-likeness (QED) is 0.677. The van der Waals surface area contributed by atoms with Gasteiger partial charge in [0, 0.05) is 6.42 Å². The molecule has 16 heavy (non-hydrogen) atoms. The van der Waals surface area contributed by atoms with Gasteiger partial charge < -0.3 is 0 Å². The summed E-state index contributed by atoms with van der Waals surface area (Å²) in [5.74, 6) is 1.44. The highest BCUT2D eigenvalue weighted by atomic mass is 15.4. The summed E-state index contributed by atoms with van der Waals surface area (Å²) in [6, 6.07) is 0.733. The maximum atomic E-state index is 2.58. The summed E-state index contributed by atoms with van der Waals surface area (Å²) in [6.45, 7) is 13.6. The Labute approximate surface area is 101 Å². The van der Waals surface area contributed by atoms with Crippen molar-refractivity contribution in [1.82, 2.24) is 9.80 Å². The minimum Gasteiger partial charge on any atom is -0.267 e. The Hall–Kier alpha value is -0.730. The van der Waals surface area contributed by atoms with Crippen molar-refractivity contribution < 1.29 is 4.58 Å². The molecule has 0 aromatic heterocycles. The monoisotopic (exact) mass is 226 g/mol. The largest absolute Gasteiger partial charge is 0.350 e. The summed E-state index contributed by atoms with van der Waals surface area (Å²) in [5.41, 5.74) is 0. The molecular formula is C13H28N3+. The molecule has 1 aliphatic heterocycles. The highest BCUT2D eigenvalue weighted by molar-refractivity contribution is 5.75. The second-order valence-corrected chi connectivity index (χ2v) is 4.53. The topological polar surface area (TPSA) is 9.49 Å². The molecule has 1 atom stereocenters. The summed E-state index contributed by atoms with van der Waals surface area (Å²) in [7, 11) is 2.22. The van der Waals surface area contributed by atoms with Crippen molar-refractivity contribution in [1.29, 1.82) is 0 Å². The Morgan fingerprint density at radius 1 is 1.25 bits per heavy atom. The van der Waals surface area contributed by atoms with Crippen LogP contribution in [0.2, 0.25) is 0 Å². The fourth-order valence-electron chi connectivity index (χ4n) is 2.73. The number of hydrogen-bond donors (Lipinski definition) is 0. The van der Waals surface area contributed by atoms with Crippen LogP contribution in [0.15, 0.2) is 0 Å². The summed E-state index contributed by atoms with van der Waals surface area (Å²) >= 11 is 0. The van der Waals surface area contributed by atoms with Crippen molar-refractivity contribution in [2.24, 2.45) is 0 Å². The van der Waals surface area contributed by atoms with Crippen molar-refractivity contribution >= 4 is 5.96 Å². The molecule has 0 aromatic carbocycles. The van der Waals surface area contributed by atoms with Crippen LogP contribution in [0.5, 0.6) is 0 Å². The lowest BCUT2D eigenvalue weighted by Crippen LogP contribution is -2.54. The number of nitrogens with zero attached hydrogens (tertiary/aromatic N) is 3. The lowest BCUT2D eigenvalue weighted by atomic mass is 10.1. The summed E-state index contributed by atoms with van der Waals surface area (Å²) in [4.78, 5) is 4.90. The predicted octanol–water partition coefficient (Wildman–Crippen LogP) is 1.83. The normalized spacial score (nSPS) is 21.6. The van der Waals surface area contributed by atoms with Crippen LogP contribution >= 0.6 is 0 Å². The van der Waals surface area contributed by atoms with Gasteiger partial charge in [0.1, 0.15) is 0 Å². The van der Waals surface area contributed by atoms with Gasteiger partial charge in [-0.15, -0.1) is 0 Å². The summed E-state index contributed by atoms with van der Waals surface area (Å²) in [5, 5.41) is 0. The maximum Gasteiger partial charge on any atom is 0.350 e. The smallest absolute Gasteiger partial charge is 0.267 e. The first kappa shape index (κ1) is 13.3. The summed E-state index contributed by atoms with van der Waals surface area (Å²) < 4.78 is 2.58. The first-order valence-electron chi connectivity index (χ1n) is 6.79. The lowest BCUT2D eigenvalue weighted by Gasteiger charge is -2.34. The van der Waals surface area contributed by atoms with Crippen LogP contribution in [0.4, 0.5) is 0 Å². The molecule has 3 heteroatoms. The van der Waals surface area contributed by atoms with E-state index in [1.54, 1.807) is 0 Å². The van der Waals surface area contributed by atoms with E-state index in [1.165, 1.54) is 25.3 Å². The molecular weight excluding hydrogens is 198 g/mol. The second-order valence-electron chi connectivity index (χ2n) is 4.53. The highest BCUT2D eigenvalue weighted by Crippen LogP contribution is 2.13. The standard InChI is InChI=1S/C13H28N3/c1-6-12-10-11-14(5)13(16(12)9-4)15(7-2)8-3/h12H,6-11H2,1-5H3/q+1. The molecule has 1 heterocycles. The average Bonchev–Trinajstić information content (AvgIpc) is 2.32. The lowest BCUT2D eigenvalue weighted by molar-refractivity contribution is -0.578. The van der Waals surface area contributed by atoms with Crippen LogP contribution in [0.3, 0.4) is 0 Å². The first-order chi connectivity index (χ1) is 7.69. The highest BCUT2D eigenvalue weighted by Gasteiger charge is 2.32. The van der Waals surface area contributed by atoms with Gasteiger partial charge in [0.15, 0.2) is 0 Å². The molecule has 0 fully saturated rings. The van der Waals surface area contributed by atoms with Gasteiger partial charge in [-0.05, 0) is 27.2 Å². The third-order valence-electron chi connectivity index (χ3n) is 3.70. The van der Waals surface area contributed by atoms with Gasteiger partial charge >= 0.3 is 5.96 Å². The average molecular weight is 226 g/mol. The molecule has 1 rings (SSSR count). The van der Waals surface area contributed by atoms with E-state index in [1.807, 2.05) is 0 Å². The minimum atomic E-state index is 0.733. The molecule has 0 N–H and O–H groups in total. The van der Waals surface area contributed by atoms with Crippen LogP contribution in [-0.4, -0.2) is 59.6 Å². The van der Waals surface area contributed by atoms with Gasteiger partial charge in [-0.25, -0.2) is 0 Å². The molecule has 94 valence electrons. The van der Waals surface area contributed by atoms with E-state index < -0.39 is 0 Å². The molecule has 0 saturated heterocycles. The zero-order chi connectivity index (χ0) is 12.1. The Morgan fingerprint density at radius 2 is 1.88 bits per heavy atom. The fraction of sp³-hybridized carbons (Fsp3) is 0.923. The Balaban J connectivity index is 3.06. The van der Waals surface area contributed by atoms with Crippen molar-refractivity contribution in [3.8, 4) is 0 Å². The van der Waals surface area contributed by atoms with E-state index in [0.717, 1.165) is 25.7 Å². The molecule has 0 radical (unpaired) electrons. The third-order valence-corrected chi connectivity index (χ3v) is 3.70. The predicted molar refractivity (Wildman–Crippen MR) is 70.1 cm³/mol. The molecule has 0 aliphatic carbocycles. The second kappa shape index (κ2) is 6.12. The van der Waals surface area contributed by atoms with Gasteiger partial charge in [0.2, 0.25) is 0 Å². The van der Waals surface area contributed by atoms with Crippen LogP contribution in [0, 0.1) is 0 Å². The van der Waals surface area contributed by atoms with Gasteiger partial charge in [-0.1, -0.05) is 6.92 Å². The molecule has 0 amide bonds. The molecule has 3 nitrogen and oxygen atoms in total. The zero-order valence-corrected chi connectivity index (χ0v) is 11.7. The number of hydrogen-bond acceptors (Lipinski definition) is 2. The van der Waals surface area contributed by atoms with Crippen molar-refractivity contribution in [3.63, 3.8) is 0 Å². The van der Waals surface area contributed by atoms with E-state index in [4.69, 9.17) is 0 Å². The van der Waals surface area contributed by atoms with E-state index in [9.17, 15) is 0 Å². The van der Waals surface area contributed by atoms with E-state index >= 15 is 0 Å². The minimum absolute atomic E-state index is 0.733. The molecule has 0 aromatic rings. The van der Waals surface area contributed by atoms with Crippen LogP contribution in [0.1, 0.15) is 40.5 Å². The van der Waals surface area contributed by atoms with Gasteiger partial charge in [0.25, 0.3) is 0 Å². The van der Waals surface area contributed by atoms with Gasteiger partial charge in [-0.2, -0.15) is 0 Å². The van der Waals surface area contributed by atoms with E-state index in [-0.39, 0.29) is 0 Å². The zero-order valence-electron chi connectivity index (χ0n) is 11.7. The first-order valence-corrected chi connectivity index (χ1v) is 6.79. The molecule has 1 aliphatic rings. The number of guanidine groups is 1. The maximum absolute atomic E-state index is 2.58. The Morgan fingerprint density at radius 3 is 2.31 bits per heavy atom. The van der Waals surface area contributed by atoms with Crippen molar-refractivity contribution in [2.75, 3.05) is 33.2 Å². The van der Waals surface area contributed by atoms with Gasteiger partial charge in [-0.3, -0.25) is 14.4 Å². The fourth-order valence-corrected chi connectivity index (χ4v) is 2.73. The Kier molecular flexibility index (Phi) is 5.10. The van der Waals surface area contributed by atoms with Gasteiger partial charge in [0.05, 0.1) is 39.3 Å². The van der Waals surface area contributed by atoms with Crippen LogP contribution < -0.4 is 0 Å². The Bertz CT molecular complexity index is 244. The van der Waals surface area contributed by atoms with Crippen molar-refractivity contribution in [2.45, 2.75) is 46.6 Å². The number of rotatable bonds is 4. The molecule has 1 unspecified atom stereocenters. The van der Waals surface area contributed by atoms with E-state index in [0.29, 0.717) is 0 Å². The van der Waals surface area contributed by atoms with E-state index in [2.05, 4.69) is 49.1 Å². The summed E-state index contributed by atoms with van der Waals surface area (Å²) in [6.07, 6.45) is 2.55. The van der Waals surface area contributed by atoms with Crippen LogP contribution in [-0.2, 0) is 0 Å². The molecule has 0 bridgehead atoms. The third kappa shape index (κ3) is 2.50. The SMILES string of the molecule is CCC1CCN(C)C(N(CC)CC)=[N+]1CC. The molecule has 0 saturated carbocycles.